The molecule has 2 rings (SSSR count). The summed E-state index contributed by atoms with van der Waals surface area (Å²) in [6.07, 6.45) is 0. The average molecular weight is 263 g/mol. The van der Waals surface area contributed by atoms with Crippen LogP contribution in [0.1, 0.15) is 23.1 Å². The molecule has 19 heavy (non-hydrogen) atoms. The zero-order valence-electron chi connectivity index (χ0n) is 11.0. The molecule has 0 spiro atoms. The third-order valence-corrected chi connectivity index (χ3v) is 2.65. The minimum atomic E-state index is -0.614. The van der Waals surface area contributed by atoms with Crippen LogP contribution in [-0.2, 0) is 11.8 Å². The summed E-state index contributed by atoms with van der Waals surface area (Å²) in [5, 5.41) is 3.94. The minimum absolute atomic E-state index is 0.0692. The Morgan fingerprint density at radius 2 is 2.21 bits per heavy atom. The van der Waals surface area contributed by atoms with Crippen molar-refractivity contribution >= 4 is 5.97 Å². The van der Waals surface area contributed by atoms with Crippen molar-refractivity contribution in [3.8, 4) is 11.4 Å². The number of ether oxygens (including phenoxy) is 1. The van der Waals surface area contributed by atoms with Crippen LogP contribution in [0, 0.1) is 12.7 Å². The van der Waals surface area contributed by atoms with E-state index in [4.69, 9.17) is 4.74 Å². The summed E-state index contributed by atoms with van der Waals surface area (Å²) in [6.45, 7) is 3.61. The first-order valence-corrected chi connectivity index (χ1v) is 5.88. The van der Waals surface area contributed by atoms with Gasteiger partial charge in [-0.2, -0.15) is 0 Å². The first kappa shape index (κ1) is 13.2. The van der Waals surface area contributed by atoms with Gasteiger partial charge < -0.3 is 4.74 Å². The van der Waals surface area contributed by atoms with Crippen LogP contribution in [0.4, 0.5) is 4.39 Å². The first-order chi connectivity index (χ1) is 9.04. The van der Waals surface area contributed by atoms with E-state index in [2.05, 4.69) is 10.1 Å². The molecule has 0 bridgehead atoms. The smallest absolute Gasteiger partial charge is 0.378 e. The van der Waals surface area contributed by atoms with E-state index in [0.29, 0.717) is 17.0 Å². The number of benzene rings is 1. The molecular formula is C13H14FN3O2. The number of hydrogen-bond donors (Lipinski definition) is 0. The molecule has 0 saturated carbocycles. The Labute approximate surface area is 110 Å². The summed E-state index contributed by atoms with van der Waals surface area (Å²) in [4.78, 5) is 15.6. The lowest BCUT2D eigenvalue weighted by atomic mass is 10.1. The van der Waals surface area contributed by atoms with E-state index in [9.17, 15) is 9.18 Å². The summed E-state index contributed by atoms with van der Waals surface area (Å²) in [5.41, 5.74) is 0.823. The van der Waals surface area contributed by atoms with E-state index >= 15 is 0 Å². The van der Waals surface area contributed by atoms with E-state index in [-0.39, 0.29) is 18.2 Å². The molecule has 0 aliphatic heterocycles. The normalized spacial score (nSPS) is 10.5. The second kappa shape index (κ2) is 5.17. The van der Waals surface area contributed by atoms with Crippen LogP contribution >= 0.6 is 0 Å². The molecule has 1 aromatic carbocycles. The molecule has 2 aromatic rings. The van der Waals surface area contributed by atoms with Crippen molar-refractivity contribution in [2.24, 2.45) is 7.05 Å². The summed E-state index contributed by atoms with van der Waals surface area (Å²) in [6, 6.07) is 5.00. The molecule has 0 unspecified atom stereocenters. The summed E-state index contributed by atoms with van der Waals surface area (Å²) < 4.78 is 20.2. The number of carbonyl (C=O) groups is 1. The van der Waals surface area contributed by atoms with Gasteiger partial charge in [-0.25, -0.2) is 18.9 Å². The van der Waals surface area contributed by atoms with Crippen LogP contribution in [0.5, 0.6) is 0 Å². The summed E-state index contributed by atoms with van der Waals surface area (Å²) >= 11 is 0. The molecular weight excluding hydrogens is 249 g/mol. The van der Waals surface area contributed by atoms with Gasteiger partial charge >= 0.3 is 5.97 Å². The number of aryl methyl sites for hydroxylation is 2. The fourth-order valence-electron chi connectivity index (χ4n) is 1.72. The standard InChI is InChI=1S/C13H14FN3O2/c1-4-19-13(18)11-15-12(17(3)16-11)9-7-5-6-8(2)10(9)14/h5-7H,4H2,1-3H3. The molecule has 0 fully saturated rings. The van der Waals surface area contributed by atoms with Crippen molar-refractivity contribution in [2.75, 3.05) is 6.61 Å². The number of aromatic nitrogens is 3. The summed E-state index contributed by atoms with van der Waals surface area (Å²) in [5.74, 6) is -0.754. The molecule has 1 heterocycles. The highest BCUT2D eigenvalue weighted by Gasteiger charge is 2.19. The van der Waals surface area contributed by atoms with Crippen molar-refractivity contribution in [2.45, 2.75) is 13.8 Å². The van der Waals surface area contributed by atoms with Gasteiger partial charge in [0.25, 0.3) is 5.82 Å². The number of hydrogen-bond acceptors (Lipinski definition) is 4. The molecule has 0 atom stereocenters. The quantitative estimate of drug-likeness (QED) is 0.796. The first-order valence-electron chi connectivity index (χ1n) is 5.88. The molecule has 0 N–H and O–H groups in total. The Balaban J connectivity index is 2.46. The van der Waals surface area contributed by atoms with Crippen LogP contribution < -0.4 is 0 Å². The number of carbonyl (C=O) groups excluding carboxylic acids is 1. The van der Waals surface area contributed by atoms with E-state index in [1.807, 2.05) is 0 Å². The zero-order valence-corrected chi connectivity index (χ0v) is 11.0. The van der Waals surface area contributed by atoms with Crippen LogP contribution in [-0.4, -0.2) is 27.3 Å². The second-order valence-corrected chi connectivity index (χ2v) is 4.04. The van der Waals surface area contributed by atoms with Crippen LogP contribution in [0.3, 0.4) is 0 Å². The predicted octanol–water partition coefficient (Wildman–Crippen LogP) is 2.11. The van der Waals surface area contributed by atoms with E-state index < -0.39 is 5.97 Å². The number of nitrogens with zero attached hydrogens (tertiary/aromatic N) is 3. The van der Waals surface area contributed by atoms with Crippen LogP contribution in [0.2, 0.25) is 0 Å². The largest absolute Gasteiger partial charge is 0.460 e. The zero-order chi connectivity index (χ0) is 14.0. The maximum Gasteiger partial charge on any atom is 0.378 e. The number of rotatable bonds is 3. The Morgan fingerprint density at radius 3 is 2.89 bits per heavy atom. The molecule has 0 aliphatic carbocycles. The molecule has 6 heteroatoms. The van der Waals surface area contributed by atoms with Crippen molar-refractivity contribution in [3.63, 3.8) is 0 Å². The highest BCUT2D eigenvalue weighted by molar-refractivity contribution is 5.85. The van der Waals surface area contributed by atoms with Crippen molar-refractivity contribution in [1.82, 2.24) is 14.8 Å². The van der Waals surface area contributed by atoms with Gasteiger partial charge in [-0.15, -0.1) is 5.10 Å². The molecule has 1 aromatic heterocycles. The Bertz CT molecular complexity index is 622. The van der Waals surface area contributed by atoms with E-state index in [0.717, 1.165) is 0 Å². The lowest BCUT2D eigenvalue weighted by Gasteiger charge is -2.03. The molecule has 0 aliphatic rings. The highest BCUT2D eigenvalue weighted by Crippen LogP contribution is 2.22. The van der Waals surface area contributed by atoms with Gasteiger partial charge in [-0.3, -0.25) is 0 Å². The minimum Gasteiger partial charge on any atom is -0.460 e. The monoisotopic (exact) mass is 263 g/mol. The molecule has 0 saturated heterocycles. The molecule has 0 amide bonds. The van der Waals surface area contributed by atoms with Crippen molar-refractivity contribution in [3.05, 3.63) is 35.4 Å². The van der Waals surface area contributed by atoms with E-state index in [1.165, 1.54) is 4.68 Å². The lowest BCUT2D eigenvalue weighted by Crippen LogP contribution is -2.07. The van der Waals surface area contributed by atoms with Gasteiger partial charge in [0.1, 0.15) is 5.82 Å². The number of halogens is 1. The molecule has 5 nitrogen and oxygen atoms in total. The second-order valence-electron chi connectivity index (χ2n) is 4.04. The fourth-order valence-corrected chi connectivity index (χ4v) is 1.72. The molecule has 0 radical (unpaired) electrons. The number of esters is 1. The van der Waals surface area contributed by atoms with Gasteiger partial charge in [-0.1, -0.05) is 12.1 Å². The maximum absolute atomic E-state index is 14.0. The Morgan fingerprint density at radius 1 is 1.47 bits per heavy atom. The van der Waals surface area contributed by atoms with Gasteiger partial charge in [0.15, 0.2) is 5.82 Å². The Kier molecular flexibility index (Phi) is 3.59. The Hall–Kier alpha value is -2.24. The van der Waals surface area contributed by atoms with Crippen molar-refractivity contribution in [1.29, 1.82) is 0 Å². The SMILES string of the molecule is CCOC(=O)c1nc(-c2cccc(C)c2F)n(C)n1. The van der Waals surface area contributed by atoms with Crippen molar-refractivity contribution < 1.29 is 13.9 Å². The fraction of sp³-hybridized carbons (Fsp3) is 0.308. The van der Waals surface area contributed by atoms with Crippen LogP contribution in [0.25, 0.3) is 11.4 Å². The highest BCUT2D eigenvalue weighted by atomic mass is 19.1. The van der Waals surface area contributed by atoms with Gasteiger partial charge in [-0.05, 0) is 25.5 Å². The lowest BCUT2D eigenvalue weighted by molar-refractivity contribution is 0.0512. The van der Waals surface area contributed by atoms with Gasteiger partial charge in [0.2, 0.25) is 0 Å². The predicted molar refractivity (Wildman–Crippen MR) is 67.1 cm³/mol. The third-order valence-electron chi connectivity index (χ3n) is 2.65. The summed E-state index contributed by atoms with van der Waals surface area (Å²) in [7, 11) is 1.60. The van der Waals surface area contributed by atoms with Gasteiger partial charge in [0, 0.05) is 7.05 Å². The van der Waals surface area contributed by atoms with E-state index in [1.54, 1.807) is 39.1 Å². The third kappa shape index (κ3) is 2.47. The van der Waals surface area contributed by atoms with Gasteiger partial charge in [0.05, 0.1) is 12.2 Å². The maximum atomic E-state index is 14.0. The average Bonchev–Trinajstić information content (AvgIpc) is 2.75. The van der Waals surface area contributed by atoms with Crippen LogP contribution in [0.15, 0.2) is 18.2 Å². The topological polar surface area (TPSA) is 57.0 Å². The molecule has 100 valence electrons.